The topological polar surface area (TPSA) is 78.1 Å². The summed E-state index contributed by atoms with van der Waals surface area (Å²) >= 11 is 1.40. The Balaban J connectivity index is 2.00. The highest BCUT2D eigenvalue weighted by molar-refractivity contribution is 7.99. The van der Waals surface area contributed by atoms with Crippen LogP contribution in [0.15, 0.2) is 23.6 Å². The largest absolute Gasteiger partial charge is 0.465 e. The fraction of sp³-hybridized carbons (Fsp3) is 0.583. The van der Waals surface area contributed by atoms with Crippen LogP contribution < -0.4 is 5.73 Å². The maximum absolute atomic E-state index is 12.0. The van der Waals surface area contributed by atoms with Gasteiger partial charge in [0.1, 0.15) is 5.54 Å². The Morgan fingerprint density at radius 2 is 2.22 bits per heavy atom. The van der Waals surface area contributed by atoms with Gasteiger partial charge >= 0.3 is 5.97 Å². The second-order valence-corrected chi connectivity index (χ2v) is 5.30. The summed E-state index contributed by atoms with van der Waals surface area (Å²) in [4.78, 5) is 20.2. The summed E-state index contributed by atoms with van der Waals surface area (Å²) in [6.07, 6.45) is 5.33. The number of nitrogens with zero attached hydrogens (tertiary/aromatic N) is 2. The van der Waals surface area contributed by atoms with Gasteiger partial charge < -0.3 is 10.5 Å². The Hall–Kier alpha value is -1.14. The highest BCUT2D eigenvalue weighted by atomic mass is 32.2. The number of thioether (sulfide) groups is 1. The molecule has 98 valence electrons. The van der Waals surface area contributed by atoms with Crippen molar-refractivity contribution >= 4 is 17.7 Å². The average molecular weight is 267 g/mol. The molecule has 0 aromatic carbocycles. The van der Waals surface area contributed by atoms with Gasteiger partial charge in [-0.25, -0.2) is 9.97 Å². The zero-order valence-corrected chi connectivity index (χ0v) is 11.2. The Labute approximate surface area is 111 Å². The maximum atomic E-state index is 12.0. The lowest BCUT2D eigenvalue weighted by Gasteiger charge is -2.26. The number of nitrogens with two attached hydrogens (primary N) is 1. The van der Waals surface area contributed by atoms with E-state index in [-0.39, 0.29) is 11.9 Å². The van der Waals surface area contributed by atoms with E-state index in [2.05, 4.69) is 9.97 Å². The standard InChI is InChI=1S/C12H17N3O2S/c1-2-17-10(16)12(13,9-4-5-9)8-18-11-14-6-3-7-15-11/h3,6-7,9H,2,4-5,8,13H2,1H3. The minimum absolute atomic E-state index is 0.229. The number of aromatic nitrogens is 2. The summed E-state index contributed by atoms with van der Waals surface area (Å²) in [6.45, 7) is 2.15. The van der Waals surface area contributed by atoms with Crippen molar-refractivity contribution in [1.82, 2.24) is 9.97 Å². The lowest BCUT2D eigenvalue weighted by atomic mass is 9.97. The minimum atomic E-state index is -0.903. The van der Waals surface area contributed by atoms with Gasteiger partial charge in [0.05, 0.1) is 6.61 Å². The van der Waals surface area contributed by atoms with E-state index in [4.69, 9.17) is 10.5 Å². The van der Waals surface area contributed by atoms with Crippen LogP contribution in [0.25, 0.3) is 0 Å². The number of hydrogen-bond donors (Lipinski definition) is 1. The SMILES string of the molecule is CCOC(=O)C(N)(CSc1ncccn1)C1CC1. The molecule has 2 N–H and O–H groups in total. The summed E-state index contributed by atoms with van der Waals surface area (Å²) in [5, 5.41) is 0.636. The van der Waals surface area contributed by atoms with Gasteiger partial charge in [-0.05, 0) is 31.7 Å². The number of rotatable bonds is 6. The van der Waals surface area contributed by atoms with Crippen molar-refractivity contribution in [1.29, 1.82) is 0 Å². The fourth-order valence-electron chi connectivity index (χ4n) is 1.75. The molecule has 0 radical (unpaired) electrons. The van der Waals surface area contributed by atoms with E-state index in [1.54, 1.807) is 25.4 Å². The van der Waals surface area contributed by atoms with E-state index >= 15 is 0 Å². The van der Waals surface area contributed by atoms with Gasteiger partial charge in [-0.3, -0.25) is 4.79 Å². The first-order chi connectivity index (χ1) is 8.66. The normalized spacial score (nSPS) is 18.1. The quantitative estimate of drug-likeness (QED) is 0.474. The molecular formula is C12H17N3O2S. The fourth-order valence-corrected chi connectivity index (χ4v) is 2.74. The van der Waals surface area contributed by atoms with Crippen molar-refractivity contribution in [2.45, 2.75) is 30.5 Å². The average Bonchev–Trinajstić information content (AvgIpc) is 3.22. The van der Waals surface area contributed by atoms with Crippen LogP contribution in [-0.2, 0) is 9.53 Å². The molecule has 6 heteroatoms. The lowest BCUT2D eigenvalue weighted by Crippen LogP contribution is -2.53. The van der Waals surface area contributed by atoms with Crippen LogP contribution >= 0.6 is 11.8 Å². The van der Waals surface area contributed by atoms with Crippen LogP contribution in [0.4, 0.5) is 0 Å². The first kappa shape index (κ1) is 13.3. The molecule has 18 heavy (non-hydrogen) atoms. The second-order valence-electron chi connectivity index (χ2n) is 4.36. The van der Waals surface area contributed by atoms with E-state index in [9.17, 15) is 4.79 Å². The molecule has 1 aliphatic rings. The lowest BCUT2D eigenvalue weighted by molar-refractivity contribution is -0.149. The summed E-state index contributed by atoms with van der Waals surface area (Å²) in [5.41, 5.74) is 5.33. The molecule has 0 amide bonds. The molecule has 0 aliphatic heterocycles. The molecule has 1 fully saturated rings. The molecule has 1 aliphatic carbocycles. The number of hydrogen-bond acceptors (Lipinski definition) is 6. The summed E-state index contributed by atoms with van der Waals surface area (Å²) in [7, 11) is 0. The summed E-state index contributed by atoms with van der Waals surface area (Å²) < 4.78 is 5.08. The van der Waals surface area contributed by atoms with E-state index in [0.717, 1.165) is 12.8 Å². The molecule has 0 saturated heterocycles. The van der Waals surface area contributed by atoms with Gasteiger partial charge in [0.15, 0.2) is 5.16 Å². The summed E-state index contributed by atoms with van der Waals surface area (Å²) in [6, 6.07) is 1.76. The summed E-state index contributed by atoms with van der Waals surface area (Å²) in [5.74, 6) is 0.379. The molecule has 1 atom stereocenters. The van der Waals surface area contributed by atoms with Gasteiger partial charge in [-0.15, -0.1) is 0 Å². The van der Waals surface area contributed by atoms with Gasteiger partial charge in [0.2, 0.25) is 0 Å². The van der Waals surface area contributed by atoms with Crippen molar-refractivity contribution in [3.63, 3.8) is 0 Å². The number of carbonyl (C=O) groups is 1. The van der Waals surface area contributed by atoms with Crippen LogP contribution in [0.3, 0.4) is 0 Å². The molecule has 1 aromatic heterocycles. The van der Waals surface area contributed by atoms with Gasteiger partial charge in [0.25, 0.3) is 0 Å². The Bertz CT molecular complexity index is 411. The van der Waals surface area contributed by atoms with E-state index in [0.29, 0.717) is 17.5 Å². The van der Waals surface area contributed by atoms with Gasteiger partial charge in [-0.1, -0.05) is 11.8 Å². The van der Waals surface area contributed by atoms with Crippen LogP contribution in [-0.4, -0.2) is 33.8 Å². The van der Waals surface area contributed by atoms with E-state index in [1.165, 1.54) is 11.8 Å². The Morgan fingerprint density at radius 3 is 2.78 bits per heavy atom. The third-order valence-electron chi connectivity index (χ3n) is 2.94. The second kappa shape index (κ2) is 5.67. The zero-order valence-electron chi connectivity index (χ0n) is 10.3. The van der Waals surface area contributed by atoms with Crippen LogP contribution in [0.2, 0.25) is 0 Å². The predicted octanol–water partition coefficient (Wildman–Crippen LogP) is 1.24. The first-order valence-corrected chi connectivity index (χ1v) is 7.01. The molecule has 1 aromatic rings. The van der Waals surface area contributed by atoms with Gasteiger partial charge in [0, 0.05) is 18.1 Å². The molecule has 5 nitrogen and oxygen atoms in total. The van der Waals surface area contributed by atoms with E-state index < -0.39 is 5.54 Å². The van der Waals surface area contributed by atoms with Crippen molar-refractivity contribution in [3.05, 3.63) is 18.5 Å². The highest BCUT2D eigenvalue weighted by Crippen LogP contribution is 2.41. The molecular weight excluding hydrogens is 250 g/mol. The zero-order chi connectivity index (χ0) is 13.0. The molecule has 0 spiro atoms. The van der Waals surface area contributed by atoms with Crippen LogP contribution in [0, 0.1) is 5.92 Å². The maximum Gasteiger partial charge on any atom is 0.327 e. The first-order valence-electron chi connectivity index (χ1n) is 6.02. The van der Waals surface area contributed by atoms with Gasteiger partial charge in [-0.2, -0.15) is 0 Å². The molecule has 1 saturated carbocycles. The highest BCUT2D eigenvalue weighted by Gasteiger charge is 2.49. The Kier molecular flexibility index (Phi) is 4.19. The molecule has 1 unspecified atom stereocenters. The molecule has 0 bridgehead atoms. The third kappa shape index (κ3) is 3.00. The van der Waals surface area contributed by atoms with Crippen LogP contribution in [0.5, 0.6) is 0 Å². The van der Waals surface area contributed by atoms with E-state index in [1.807, 2.05) is 0 Å². The smallest absolute Gasteiger partial charge is 0.327 e. The van der Waals surface area contributed by atoms with Crippen molar-refractivity contribution in [2.24, 2.45) is 11.7 Å². The van der Waals surface area contributed by atoms with Crippen molar-refractivity contribution in [3.8, 4) is 0 Å². The predicted molar refractivity (Wildman–Crippen MR) is 69.0 cm³/mol. The number of carbonyl (C=O) groups excluding carboxylic acids is 1. The number of esters is 1. The van der Waals surface area contributed by atoms with Crippen molar-refractivity contribution < 1.29 is 9.53 Å². The van der Waals surface area contributed by atoms with Crippen LogP contribution in [0.1, 0.15) is 19.8 Å². The monoisotopic (exact) mass is 267 g/mol. The Morgan fingerprint density at radius 1 is 1.56 bits per heavy atom. The molecule has 1 heterocycles. The van der Waals surface area contributed by atoms with Crippen molar-refractivity contribution in [2.75, 3.05) is 12.4 Å². The third-order valence-corrected chi connectivity index (χ3v) is 4.03. The minimum Gasteiger partial charge on any atom is -0.465 e. The molecule has 2 rings (SSSR count). The number of ether oxygens (including phenoxy) is 1.